The Morgan fingerprint density at radius 3 is 2.48 bits per heavy atom. The standard InChI is InChI=1S/C26H42O7/c1-5-24(2)10-8-16-15(12-24)6-7-18-25(16,3)11-9-19(28)26(18,4)14-32-23-22(31)21(30)20(29)17(13-27)33-23/h5-6,16-23,27-31H,1,7-14H2,2-4H3/t16-,17?,18?,19-,20?,21?,22?,23?,24-,25+,26+/m0/s1. The molecule has 0 amide bonds. The Kier molecular flexibility index (Phi) is 6.91. The van der Waals surface area contributed by atoms with Crippen LogP contribution in [0.4, 0.5) is 0 Å². The van der Waals surface area contributed by atoms with Crippen molar-refractivity contribution >= 4 is 0 Å². The summed E-state index contributed by atoms with van der Waals surface area (Å²) in [4.78, 5) is 0. The molecule has 0 aromatic heterocycles. The van der Waals surface area contributed by atoms with Crippen molar-refractivity contribution in [3.8, 4) is 0 Å². The molecule has 188 valence electrons. The second-order valence-corrected chi connectivity index (χ2v) is 11.8. The lowest BCUT2D eigenvalue weighted by atomic mass is 9.45. The Labute approximate surface area is 197 Å². The van der Waals surface area contributed by atoms with Gasteiger partial charge in [0.05, 0.1) is 19.3 Å². The van der Waals surface area contributed by atoms with E-state index in [4.69, 9.17) is 9.47 Å². The molecule has 4 rings (SSSR count). The van der Waals surface area contributed by atoms with Crippen LogP contribution >= 0.6 is 0 Å². The van der Waals surface area contributed by atoms with Crippen LogP contribution < -0.4 is 0 Å². The number of hydrogen-bond donors (Lipinski definition) is 5. The zero-order valence-corrected chi connectivity index (χ0v) is 20.2. The molecule has 1 saturated heterocycles. The Bertz CT molecular complexity index is 768. The van der Waals surface area contributed by atoms with Gasteiger partial charge in [0.15, 0.2) is 6.29 Å². The third kappa shape index (κ3) is 4.14. The van der Waals surface area contributed by atoms with Crippen molar-refractivity contribution < 1.29 is 35.0 Å². The summed E-state index contributed by atoms with van der Waals surface area (Å²) in [6.07, 6.45) is 3.17. The van der Waals surface area contributed by atoms with Crippen LogP contribution in [0.1, 0.15) is 59.3 Å². The van der Waals surface area contributed by atoms with Crippen molar-refractivity contribution in [3.05, 3.63) is 24.3 Å². The highest BCUT2D eigenvalue weighted by Gasteiger charge is 2.59. The lowest BCUT2D eigenvalue weighted by Crippen LogP contribution is -2.61. The average Bonchev–Trinajstić information content (AvgIpc) is 2.80. The van der Waals surface area contributed by atoms with Gasteiger partial charge in [0, 0.05) is 5.41 Å². The summed E-state index contributed by atoms with van der Waals surface area (Å²) in [5, 5.41) is 51.1. The fourth-order valence-electron chi connectivity index (χ4n) is 7.30. The van der Waals surface area contributed by atoms with Crippen molar-refractivity contribution in [2.45, 2.75) is 96.1 Å². The number of aliphatic hydroxyl groups excluding tert-OH is 5. The summed E-state index contributed by atoms with van der Waals surface area (Å²) in [7, 11) is 0. The van der Waals surface area contributed by atoms with Gasteiger partial charge in [0.1, 0.15) is 24.4 Å². The molecule has 6 unspecified atom stereocenters. The fourth-order valence-corrected chi connectivity index (χ4v) is 7.30. The molecule has 33 heavy (non-hydrogen) atoms. The van der Waals surface area contributed by atoms with Crippen LogP contribution in [0.15, 0.2) is 24.3 Å². The number of fused-ring (bicyclic) bond motifs is 3. The molecule has 1 heterocycles. The van der Waals surface area contributed by atoms with Gasteiger partial charge in [-0.3, -0.25) is 0 Å². The molecular weight excluding hydrogens is 424 g/mol. The van der Waals surface area contributed by atoms with E-state index in [0.717, 1.165) is 32.1 Å². The Morgan fingerprint density at radius 2 is 1.82 bits per heavy atom. The molecule has 0 radical (unpaired) electrons. The van der Waals surface area contributed by atoms with E-state index in [1.54, 1.807) is 0 Å². The van der Waals surface area contributed by atoms with Crippen LogP contribution in [-0.4, -0.2) is 75.6 Å². The predicted molar refractivity (Wildman–Crippen MR) is 123 cm³/mol. The molecule has 5 N–H and O–H groups in total. The second-order valence-electron chi connectivity index (χ2n) is 11.8. The second kappa shape index (κ2) is 9.01. The summed E-state index contributed by atoms with van der Waals surface area (Å²) in [6, 6.07) is 0. The number of aliphatic hydroxyl groups is 5. The van der Waals surface area contributed by atoms with E-state index in [2.05, 4.69) is 39.5 Å². The van der Waals surface area contributed by atoms with E-state index in [1.165, 1.54) is 5.57 Å². The average molecular weight is 467 g/mol. The first-order chi connectivity index (χ1) is 15.5. The summed E-state index contributed by atoms with van der Waals surface area (Å²) < 4.78 is 11.5. The highest BCUT2D eigenvalue weighted by atomic mass is 16.7. The highest BCUT2D eigenvalue weighted by Crippen LogP contribution is 2.63. The van der Waals surface area contributed by atoms with Gasteiger partial charge in [-0.1, -0.05) is 38.5 Å². The molecule has 1 aliphatic heterocycles. The SMILES string of the molecule is C=C[C@@]1(C)CC[C@H]2C(=CCC3[C@]2(C)CC[C@H](O)[C@]3(C)COC2OC(CO)C(O)C(O)C2O)C1. The van der Waals surface area contributed by atoms with Gasteiger partial charge in [-0.2, -0.15) is 0 Å². The number of hydrogen-bond acceptors (Lipinski definition) is 7. The minimum Gasteiger partial charge on any atom is -0.394 e. The van der Waals surface area contributed by atoms with Crippen LogP contribution in [-0.2, 0) is 9.47 Å². The van der Waals surface area contributed by atoms with E-state index >= 15 is 0 Å². The molecule has 3 aliphatic carbocycles. The summed E-state index contributed by atoms with van der Waals surface area (Å²) in [5.41, 5.74) is 1.15. The minimum atomic E-state index is -1.48. The molecule has 7 heteroatoms. The van der Waals surface area contributed by atoms with E-state index < -0.39 is 48.8 Å². The van der Waals surface area contributed by atoms with Crippen molar-refractivity contribution in [2.24, 2.45) is 28.1 Å². The predicted octanol–water partition coefficient (Wildman–Crippen LogP) is 1.91. The van der Waals surface area contributed by atoms with Crippen LogP contribution in [0.3, 0.4) is 0 Å². The van der Waals surface area contributed by atoms with E-state index in [0.29, 0.717) is 12.3 Å². The third-order valence-corrected chi connectivity index (χ3v) is 9.68. The van der Waals surface area contributed by atoms with Crippen molar-refractivity contribution in [1.29, 1.82) is 0 Å². The van der Waals surface area contributed by atoms with Crippen molar-refractivity contribution in [2.75, 3.05) is 13.2 Å². The molecule has 0 aromatic rings. The summed E-state index contributed by atoms with van der Waals surface area (Å²) >= 11 is 0. The van der Waals surface area contributed by atoms with Crippen LogP contribution in [0.2, 0.25) is 0 Å². The maximum Gasteiger partial charge on any atom is 0.186 e. The van der Waals surface area contributed by atoms with E-state index in [1.807, 2.05) is 0 Å². The Hall–Kier alpha value is -0.800. The molecule has 0 aromatic carbocycles. The number of rotatable bonds is 5. The molecule has 11 atom stereocenters. The van der Waals surface area contributed by atoms with Gasteiger partial charge in [0.25, 0.3) is 0 Å². The monoisotopic (exact) mass is 466 g/mol. The Morgan fingerprint density at radius 1 is 1.09 bits per heavy atom. The highest BCUT2D eigenvalue weighted by molar-refractivity contribution is 5.25. The molecule has 4 aliphatic rings. The lowest BCUT2D eigenvalue weighted by molar-refractivity contribution is -0.312. The molecule has 2 saturated carbocycles. The molecular formula is C26H42O7. The lowest BCUT2D eigenvalue weighted by Gasteiger charge is -2.61. The van der Waals surface area contributed by atoms with E-state index in [9.17, 15) is 25.5 Å². The smallest absolute Gasteiger partial charge is 0.186 e. The van der Waals surface area contributed by atoms with Gasteiger partial charge in [0.2, 0.25) is 0 Å². The number of allylic oxidation sites excluding steroid dienone is 3. The quantitative estimate of drug-likeness (QED) is 0.393. The third-order valence-electron chi connectivity index (χ3n) is 9.68. The topological polar surface area (TPSA) is 120 Å². The normalized spacial score (nSPS) is 52.4. The first kappa shape index (κ1) is 25.3. The van der Waals surface area contributed by atoms with Crippen molar-refractivity contribution in [1.82, 2.24) is 0 Å². The fraction of sp³-hybridized carbons (Fsp3) is 0.846. The van der Waals surface area contributed by atoms with Gasteiger partial charge in [-0.05, 0) is 61.2 Å². The Balaban J connectivity index is 1.54. The van der Waals surface area contributed by atoms with Gasteiger partial charge in [-0.25, -0.2) is 0 Å². The summed E-state index contributed by atoms with van der Waals surface area (Å²) in [5.74, 6) is 0.670. The molecule has 7 nitrogen and oxygen atoms in total. The van der Waals surface area contributed by atoms with Crippen LogP contribution in [0, 0.1) is 28.1 Å². The zero-order valence-electron chi connectivity index (χ0n) is 20.2. The number of ether oxygens (including phenoxy) is 2. The minimum absolute atomic E-state index is 0.0410. The van der Waals surface area contributed by atoms with E-state index in [-0.39, 0.29) is 23.4 Å². The molecule has 0 spiro atoms. The maximum absolute atomic E-state index is 11.1. The van der Waals surface area contributed by atoms with Crippen LogP contribution in [0.5, 0.6) is 0 Å². The first-order valence-corrected chi connectivity index (χ1v) is 12.4. The summed E-state index contributed by atoms with van der Waals surface area (Å²) in [6.45, 7) is 10.4. The van der Waals surface area contributed by atoms with Crippen molar-refractivity contribution in [3.63, 3.8) is 0 Å². The van der Waals surface area contributed by atoms with Gasteiger partial charge in [-0.15, -0.1) is 6.58 Å². The molecule has 3 fully saturated rings. The van der Waals surface area contributed by atoms with Crippen LogP contribution in [0.25, 0.3) is 0 Å². The van der Waals surface area contributed by atoms with Gasteiger partial charge < -0.3 is 35.0 Å². The maximum atomic E-state index is 11.1. The largest absolute Gasteiger partial charge is 0.394 e. The first-order valence-electron chi connectivity index (χ1n) is 12.4. The van der Waals surface area contributed by atoms with Gasteiger partial charge >= 0.3 is 0 Å². The zero-order chi connectivity index (χ0) is 24.2. The molecule has 0 bridgehead atoms.